The average Bonchev–Trinajstić information content (AvgIpc) is 2.92. The SMILES string of the molecule is Nc1ccccc1SC1/C(=N\O)C2CCC1C2. The van der Waals surface area contributed by atoms with Gasteiger partial charge in [-0.2, -0.15) is 0 Å². The van der Waals surface area contributed by atoms with Crippen molar-refractivity contribution in [3.63, 3.8) is 0 Å². The van der Waals surface area contributed by atoms with Crippen LogP contribution in [0.5, 0.6) is 0 Å². The predicted molar refractivity (Wildman–Crippen MR) is 70.6 cm³/mol. The van der Waals surface area contributed by atoms with Gasteiger partial charge in [0.15, 0.2) is 0 Å². The zero-order valence-electron chi connectivity index (χ0n) is 9.54. The first-order valence-corrected chi connectivity index (χ1v) is 6.90. The standard InChI is InChI=1S/C13H16N2OS/c14-10-3-1-2-4-11(10)17-13-9-6-5-8(7-9)12(13)15-16/h1-4,8-9,13,16H,5-7,14H2/b15-12-. The van der Waals surface area contributed by atoms with Gasteiger partial charge in [0.25, 0.3) is 0 Å². The summed E-state index contributed by atoms with van der Waals surface area (Å²) in [7, 11) is 0. The fraction of sp³-hybridized carbons (Fsp3) is 0.462. The molecule has 17 heavy (non-hydrogen) atoms. The van der Waals surface area contributed by atoms with Crippen molar-refractivity contribution in [2.75, 3.05) is 5.73 Å². The Balaban J connectivity index is 1.84. The van der Waals surface area contributed by atoms with Crippen molar-refractivity contribution in [2.45, 2.75) is 29.4 Å². The molecule has 0 saturated heterocycles. The molecule has 1 aromatic rings. The monoisotopic (exact) mass is 248 g/mol. The molecule has 2 bridgehead atoms. The van der Waals surface area contributed by atoms with Crippen LogP contribution in [-0.2, 0) is 0 Å². The van der Waals surface area contributed by atoms with Crippen LogP contribution in [0.15, 0.2) is 34.3 Å². The molecule has 0 amide bonds. The molecule has 90 valence electrons. The Labute approximate surface area is 105 Å². The first-order chi connectivity index (χ1) is 8.29. The summed E-state index contributed by atoms with van der Waals surface area (Å²) in [6.45, 7) is 0. The number of thioether (sulfide) groups is 1. The van der Waals surface area contributed by atoms with Crippen LogP contribution in [0, 0.1) is 11.8 Å². The van der Waals surface area contributed by atoms with Crippen LogP contribution >= 0.6 is 11.8 Å². The van der Waals surface area contributed by atoms with Gasteiger partial charge >= 0.3 is 0 Å². The van der Waals surface area contributed by atoms with Crippen molar-refractivity contribution in [3.05, 3.63) is 24.3 Å². The molecule has 0 aliphatic heterocycles. The molecule has 2 aliphatic carbocycles. The Morgan fingerprint density at radius 1 is 1.29 bits per heavy atom. The van der Waals surface area contributed by atoms with Crippen LogP contribution in [0.25, 0.3) is 0 Å². The number of fused-ring (bicyclic) bond motifs is 2. The summed E-state index contributed by atoms with van der Waals surface area (Å²) in [5.74, 6) is 1.17. The van der Waals surface area contributed by atoms with E-state index in [1.54, 1.807) is 11.8 Å². The van der Waals surface area contributed by atoms with E-state index >= 15 is 0 Å². The number of anilines is 1. The van der Waals surface area contributed by atoms with E-state index in [4.69, 9.17) is 10.9 Å². The highest BCUT2D eigenvalue weighted by Gasteiger charge is 2.46. The molecule has 3 N–H and O–H groups in total. The van der Waals surface area contributed by atoms with Gasteiger partial charge in [-0.25, -0.2) is 0 Å². The topological polar surface area (TPSA) is 58.6 Å². The van der Waals surface area contributed by atoms with Gasteiger partial charge in [-0.3, -0.25) is 0 Å². The minimum Gasteiger partial charge on any atom is -0.411 e. The average molecular weight is 248 g/mol. The zero-order chi connectivity index (χ0) is 11.8. The summed E-state index contributed by atoms with van der Waals surface area (Å²) in [6.07, 6.45) is 3.63. The normalized spacial score (nSPS) is 33.4. The molecule has 3 nitrogen and oxygen atoms in total. The van der Waals surface area contributed by atoms with Crippen molar-refractivity contribution >= 4 is 23.2 Å². The lowest BCUT2D eigenvalue weighted by Crippen LogP contribution is -2.24. The molecule has 3 rings (SSSR count). The van der Waals surface area contributed by atoms with E-state index < -0.39 is 0 Å². The quantitative estimate of drug-likeness (QED) is 0.480. The van der Waals surface area contributed by atoms with Gasteiger partial charge in [0.05, 0.1) is 11.0 Å². The van der Waals surface area contributed by atoms with Gasteiger partial charge < -0.3 is 10.9 Å². The second-order valence-corrected chi connectivity index (χ2v) is 6.05. The van der Waals surface area contributed by atoms with Crippen molar-refractivity contribution in [1.29, 1.82) is 0 Å². The summed E-state index contributed by atoms with van der Waals surface area (Å²) in [6, 6.07) is 7.91. The molecule has 0 radical (unpaired) electrons. The van der Waals surface area contributed by atoms with Gasteiger partial charge in [-0.05, 0) is 37.3 Å². The van der Waals surface area contributed by atoms with E-state index in [1.807, 2.05) is 24.3 Å². The van der Waals surface area contributed by atoms with E-state index in [2.05, 4.69) is 5.16 Å². The van der Waals surface area contributed by atoms with Crippen LogP contribution in [0.3, 0.4) is 0 Å². The molecule has 0 spiro atoms. The number of nitrogens with two attached hydrogens (primary N) is 1. The third-order valence-corrected chi connectivity index (χ3v) is 5.41. The zero-order valence-corrected chi connectivity index (χ0v) is 10.4. The van der Waals surface area contributed by atoms with E-state index in [1.165, 1.54) is 19.3 Å². The highest BCUT2D eigenvalue weighted by atomic mass is 32.2. The number of rotatable bonds is 2. The van der Waals surface area contributed by atoms with Crippen molar-refractivity contribution in [2.24, 2.45) is 17.0 Å². The number of para-hydroxylation sites is 1. The Morgan fingerprint density at radius 3 is 2.88 bits per heavy atom. The summed E-state index contributed by atoms with van der Waals surface area (Å²) < 4.78 is 0. The van der Waals surface area contributed by atoms with Gasteiger partial charge in [-0.15, -0.1) is 11.8 Å². The van der Waals surface area contributed by atoms with E-state index in [-0.39, 0.29) is 0 Å². The smallest absolute Gasteiger partial charge is 0.0737 e. The van der Waals surface area contributed by atoms with Crippen LogP contribution in [0.1, 0.15) is 19.3 Å². The van der Waals surface area contributed by atoms with E-state index in [9.17, 15) is 0 Å². The van der Waals surface area contributed by atoms with Gasteiger partial charge in [0, 0.05) is 16.5 Å². The molecule has 2 saturated carbocycles. The predicted octanol–water partition coefficient (Wildman–Crippen LogP) is 2.99. The number of nitrogen functional groups attached to an aromatic ring is 1. The van der Waals surface area contributed by atoms with Gasteiger partial charge in [0.2, 0.25) is 0 Å². The van der Waals surface area contributed by atoms with Crippen LogP contribution in [-0.4, -0.2) is 16.2 Å². The molecule has 4 heteroatoms. The Kier molecular flexibility index (Phi) is 2.74. The molecule has 3 unspecified atom stereocenters. The lowest BCUT2D eigenvalue weighted by molar-refractivity contribution is 0.314. The Hall–Kier alpha value is -1.16. The van der Waals surface area contributed by atoms with Crippen LogP contribution in [0.2, 0.25) is 0 Å². The van der Waals surface area contributed by atoms with Crippen molar-refractivity contribution in [3.8, 4) is 0 Å². The largest absolute Gasteiger partial charge is 0.411 e. The van der Waals surface area contributed by atoms with E-state index in [0.717, 1.165) is 16.3 Å². The van der Waals surface area contributed by atoms with Gasteiger partial charge in [0.1, 0.15) is 0 Å². The minimum absolute atomic E-state index is 0.323. The molecular weight excluding hydrogens is 232 g/mol. The van der Waals surface area contributed by atoms with Gasteiger partial charge in [-0.1, -0.05) is 17.3 Å². The fourth-order valence-electron chi connectivity index (χ4n) is 3.05. The molecule has 0 heterocycles. The summed E-state index contributed by atoms with van der Waals surface area (Å²) in [5, 5.41) is 13.0. The summed E-state index contributed by atoms with van der Waals surface area (Å²) >= 11 is 1.76. The minimum atomic E-state index is 0.323. The summed E-state index contributed by atoms with van der Waals surface area (Å²) in [4.78, 5) is 1.10. The number of benzene rings is 1. The maximum Gasteiger partial charge on any atom is 0.0737 e. The van der Waals surface area contributed by atoms with Crippen LogP contribution in [0.4, 0.5) is 5.69 Å². The third-order valence-electron chi connectivity index (χ3n) is 3.90. The van der Waals surface area contributed by atoms with Crippen molar-refractivity contribution < 1.29 is 5.21 Å². The summed E-state index contributed by atoms with van der Waals surface area (Å²) in [5.41, 5.74) is 7.76. The Morgan fingerprint density at radius 2 is 2.12 bits per heavy atom. The number of hydrogen-bond acceptors (Lipinski definition) is 4. The second-order valence-electron chi connectivity index (χ2n) is 4.87. The highest BCUT2D eigenvalue weighted by Crippen LogP contribution is 2.50. The van der Waals surface area contributed by atoms with Crippen LogP contribution < -0.4 is 5.73 Å². The Bertz CT molecular complexity index is 460. The third kappa shape index (κ3) is 1.80. The maximum atomic E-state index is 9.15. The molecular formula is C13H16N2OS. The molecule has 0 aromatic heterocycles. The lowest BCUT2D eigenvalue weighted by atomic mass is 9.98. The fourth-order valence-corrected chi connectivity index (χ4v) is 4.49. The maximum absolute atomic E-state index is 9.15. The lowest BCUT2D eigenvalue weighted by Gasteiger charge is -2.22. The van der Waals surface area contributed by atoms with E-state index in [0.29, 0.717) is 17.1 Å². The first-order valence-electron chi connectivity index (χ1n) is 6.02. The molecule has 3 atom stereocenters. The number of nitrogens with zero attached hydrogens (tertiary/aromatic N) is 1. The molecule has 1 aromatic carbocycles. The second kappa shape index (κ2) is 4.26. The highest BCUT2D eigenvalue weighted by molar-refractivity contribution is 8.00. The molecule has 2 aliphatic rings. The molecule has 2 fully saturated rings. The number of oxime groups is 1. The first kappa shape index (κ1) is 11.0. The number of hydrogen-bond donors (Lipinski definition) is 2. The van der Waals surface area contributed by atoms with Crippen molar-refractivity contribution in [1.82, 2.24) is 0 Å².